The summed E-state index contributed by atoms with van der Waals surface area (Å²) >= 11 is 0. The molecule has 0 atom stereocenters. The fourth-order valence-corrected chi connectivity index (χ4v) is 2.47. The number of aromatic nitrogens is 3. The molecule has 0 aliphatic rings. The van der Waals surface area contributed by atoms with Gasteiger partial charge in [-0.3, -0.25) is 9.78 Å². The summed E-state index contributed by atoms with van der Waals surface area (Å²) in [7, 11) is 0. The minimum Gasteiger partial charge on any atom is -0.459 e. The number of amides is 1. The van der Waals surface area contributed by atoms with Gasteiger partial charge in [0.25, 0.3) is 5.91 Å². The number of nitrogens with one attached hydrogen (secondary N) is 2. The Morgan fingerprint density at radius 2 is 2.17 bits per heavy atom. The van der Waals surface area contributed by atoms with E-state index in [-0.39, 0.29) is 11.7 Å². The molecule has 0 saturated heterocycles. The van der Waals surface area contributed by atoms with Gasteiger partial charge in [-0.25, -0.2) is 9.37 Å². The van der Waals surface area contributed by atoms with Crippen molar-refractivity contribution in [2.45, 2.75) is 0 Å². The van der Waals surface area contributed by atoms with E-state index in [0.29, 0.717) is 16.9 Å². The molecule has 0 spiro atoms. The van der Waals surface area contributed by atoms with Crippen molar-refractivity contribution in [1.82, 2.24) is 15.0 Å². The quantitative estimate of drug-likeness (QED) is 0.603. The molecule has 4 heterocycles. The number of halogens is 1. The third kappa shape index (κ3) is 2.52. The molecule has 2 N–H and O–H groups in total. The Morgan fingerprint density at radius 1 is 1.25 bits per heavy atom. The van der Waals surface area contributed by atoms with Gasteiger partial charge >= 0.3 is 0 Å². The Balaban J connectivity index is 1.72. The number of pyridine rings is 2. The molecule has 118 valence electrons. The van der Waals surface area contributed by atoms with Gasteiger partial charge in [0.15, 0.2) is 5.76 Å². The van der Waals surface area contributed by atoms with Gasteiger partial charge in [-0.2, -0.15) is 0 Å². The molecule has 0 aliphatic heterocycles. The van der Waals surface area contributed by atoms with Gasteiger partial charge in [-0.15, -0.1) is 0 Å². The molecule has 4 rings (SSSR count). The zero-order chi connectivity index (χ0) is 16.5. The van der Waals surface area contributed by atoms with Gasteiger partial charge in [-0.05, 0) is 24.3 Å². The number of carbonyl (C=O) groups excluding carboxylic acids is 1. The molecule has 24 heavy (non-hydrogen) atoms. The number of furan rings is 1. The van der Waals surface area contributed by atoms with Crippen LogP contribution in [0.2, 0.25) is 0 Å². The topological polar surface area (TPSA) is 83.8 Å². The van der Waals surface area contributed by atoms with Crippen LogP contribution in [0.3, 0.4) is 0 Å². The molecule has 0 radical (unpaired) electrons. The molecule has 7 heteroatoms. The highest BCUT2D eigenvalue weighted by Crippen LogP contribution is 2.29. The van der Waals surface area contributed by atoms with Crippen LogP contribution in [0.4, 0.5) is 10.1 Å². The lowest BCUT2D eigenvalue weighted by atomic mass is 10.1. The molecule has 0 aromatic carbocycles. The van der Waals surface area contributed by atoms with Gasteiger partial charge in [0.1, 0.15) is 11.5 Å². The van der Waals surface area contributed by atoms with Gasteiger partial charge in [-0.1, -0.05) is 0 Å². The lowest BCUT2D eigenvalue weighted by Gasteiger charge is -2.04. The predicted octanol–water partition coefficient (Wildman–Crippen LogP) is 3.61. The summed E-state index contributed by atoms with van der Waals surface area (Å²) in [6, 6.07) is 6.36. The van der Waals surface area contributed by atoms with Crippen molar-refractivity contribution in [2.24, 2.45) is 0 Å². The minimum absolute atomic E-state index is 0.207. The van der Waals surface area contributed by atoms with Crippen molar-refractivity contribution in [3.05, 3.63) is 66.9 Å². The van der Waals surface area contributed by atoms with Crippen molar-refractivity contribution in [1.29, 1.82) is 0 Å². The second-order valence-electron chi connectivity index (χ2n) is 5.15. The number of rotatable bonds is 3. The van der Waals surface area contributed by atoms with Crippen LogP contribution in [0.15, 0.2) is 59.7 Å². The van der Waals surface area contributed by atoms with E-state index in [9.17, 15) is 9.18 Å². The van der Waals surface area contributed by atoms with Gasteiger partial charge in [0, 0.05) is 28.9 Å². The van der Waals surface area contributed by atoms with Crippen LogP contribution >= 0.6 is 0 Å². The average Bonchev–Trinajstić information content (AvgIpc) is 3.24. The molecule has 4 aromatic rings. The van der Waals surface area contributed by atoms with E-state index >= 15 is 0 Å². The van der Waals surface area contributed by atoms with Crippen LogP contribution in [0.1, 0.15) is 10.6 Å². The van der Waals surface area contributed by atoms with E-state index in [1.165, 1.54) is 18.5 Å². The molecule has 0 fully saturated rings. The summed E-state index contributed by atoms with van der Waals surface area (Å²) in [6.45, 7) is 0. The summed E-state index contributed by atoms with van der Waals surface area (Å²) in [5.74, 6) is -0.582. The van der Waals surface area contributed by atoms with Crippen LogP contribution in [-0.2, 0) is 0 Å². The van der Waals surface area contributed by atoms with Gasteiger partial charge in [0.2, 0.25) is 0 Å². The Bertz CT molecular complexity index is 1020. The van der Waals surface area contributed by atoms with Gasteiger partial charge < -0.3 is 14.7 Å². The van der Waals surface area contributed by atoms with Crippen LogP contribution < -0.4 is 5.32 Å². The number of aromatic amines is 1. The number of H-pyrrole nitrogens is 1. The summed E-state index contributed by atoms with van der Waals surface area (Å²) in [6.07, 6.45) is 7.41. The van der Waals surface area contributed by atoms with E-state index < -0.39 is 5.82 Å². The average molecular weight is 322 g/mol. The zero-order valence-electron chi connectivity index (χ0n) is 12.3. The maximum atomic E-state index is 13.4. The van der Waals surface area contributed by atoms with E-state index in [1.807, 2.05) is 0 Å². The fraction of sp³-hybridized carbons (Fsp3) is 0. The van der Waals surface area contributed by atoms with Gasteiger partial charge in [0.05, 0.1) is 24.3 Å². The van der Waals surface area contributed by atoms with Crippen molar-refractivity contribution in [2.75, 3.05) is 5.32 Å². The Labute approximate surface area is 135 Å². The number of hydrogen-bond acceptors (Lipinski definition) is 4. The highest BCUT2D eigenvalue weighted by Gasteiger charge is 2.12. The fourth-order valence-electron chi connectivity index (χ4n) is 2.47. The first-order valence-electron chi connectivity index (χ1n) is 7.13. The standard InChI is InChI=1S/C17H11FN4O2/c18-11-4-10(6-19-7-11)14-9-21-16-13(14)5-12(8-20-16)22-17(23)15-2-1-3-24-15/h1-9H,(H,20,21)(H,22,23). The van der Waals surface area contributed by atoms with Crippen LogP contribution in [0.25, 0.3) is 22.2 Å². The van der Waals surface area contributed by atoms with Crippen molar-refractivity contribution < 1.29 is 13.6 Å². The van der Waals surface area contributed by atoms with Crippen LogP contribution in [0.5, 0.6) is 0 Å². The summed E-state index contributed by atoms with van der Waals surface area (Å²) < 4.78 is 18.5. The lowest BCUT2D eigenvalue weighted by Crippen LogP contribution is -2.10. The zero-order valence-corrected chi connectivity index (χ0v) is 12.3. The predicted molar refractivity (Wildman–Crippen MR) is 85.9 cm³/mol. The first-order chi connectivity index (χ1) is 11.7. The molecule has 0 saturated carbocycles. The molecule has 1 amide bonds. The van der Waals surface area contributed by atoms with Crippen molar-refractivity contribution in [3.63, 3.8) is 0 Å². The molecule has 0 bridgehead atoms. The highest BCUT2D eigenvalue weighted by molar-refractivity contribution is 6.04. The smallest absolute Gasteiger partial charge is 0.291 e. The van der Waals surface area contributed by atoms with E-state index in [1.54, 1.807) is 30.6 Å². The maximum absolute atomic E-state index is 13.4. The molecule has 6 nitrogen and oxygen atoms in total. The highest BCUT2D eigenvalue weighted by atomic mass is 19.1. The van der Waals surface area contributed by atoms with Crippen LogP contribution in [0, 0.1) is 5.82 Å². The van der Waals surface area contributed by atoms with Crippen molar-refractivity contribution in [3.8, 4) is 11.1 Å². The maximum Gasteiger partial charge on any atom is 0.291 e. The van der Waals surface area contributed by atoms with Crippen molar-refractivity contribution >= 4 is 22.6 Å². The number of nitrogens with zero attached hydrogens (tertiary/aromatic N) is 2. The Kier molecular flexibility index (Phi) is 3.31. The monoisotopic (exact) mass is 322 g/mol. The molecule has 4 aromatic heterocycles. The van der Waals surface area contributed by atoms with E-state index in [4.69, 9.17) is 4.42 Å². The number of fused-ring (bicyclic) bond motifs is 1. The number of carbonyl (C=O) groups is 1. The minimum atomic E-state index is -0.419. The second kappa shape index (κ2) is 5.62. The third-order valence-corrected chi connectivity index (χ3v) is 3.55. The molecular weight excluding hydrogens is 311 g/mol. The first-order valence-corrected chi connectivity index (χ1v) is 7.13. The number of anilines is 1. The van der Waals surface area contributed by atoms with E-state index in [2.05, 4.69) is 20.3 Å². The Morgan fingerprint density at radius 3 is 2.96 bits per heavy atom. The third-order valence-electron chi connectivity index (χ3n) is 3.55. The number of hydrogen-bond donors (Lipinski definition) is 2. The lowest BCUT2D eigenvalue weighted by molar-refractivity contribution is 0.0996. The summed E-state index contributed by atoms with van der Waals surface area (Å²) in [5, 5.41) is 3.47. The normalized spacial score (nSPS) is 10.9. The molecular formula is C17H11FN4O2. The summed E-state index contributed by atoms with van der Waals surface area (Å²) in [4.78, 5) is 23.2. The Hall–Kier alpha value is -3.48. The largest absolute Gasteiger partial charge is 0.459 e. The SMILES string of the molecule is O=C(Nc1cnc2[nH]cc(-c3cncc(F)c3)c2c1)c1ccco1. The second-order valence-corrected chi connectivity index (χ2v) is 5.15. The molecule has 0 unspecified atom stereocenters. The molecule has 0 aliphatic carbocycles. The van der Waals surface area contributed by atoms with Crippen LogP contribution in [-0.4, -0.2) is 20.9 Å². The van der Waals surface area contributed by atoms with E-state index in [0.717, 1.165) is 17.1 Å². The first kappa shape index (κ1) is 14.1. The summed E-state index contributed by atoms with van der Waals surface area (Å²) in [5.41, 5.74) is 2.51.